The van der Waals surface area contributed by atoms with Crippen LogP contribution in [0.2, 0.25) is 0 Å². The van der Waals surface area contributed by atoms with Crippen LogP contribution < -0.4 is 10.1 Å². The van der Waals surface area contributed by atoms with Crippen molar-refractivity contribution >= 4 is 16.7 Å². The van der Waals surface area contributed by atoms with Crippen molar-refractivity contribution in [3.05, 3.63) is 41.5 Å². The summed E-state index contributed by atoms with van der Waals surface area (Å²) < 4.78 is 87.6. The molecule has 0 aliphatic heterocycles. The average Bonchev–Trinajstić information content (AvgIpc) is 2.83. The van der Waals surface area contributed by atoms with Crippen LogP contribution in [0.5, 0.6) is 5.75 Å². The summed E-state index contributed by atoms with van der Waals surface area (Å²) in [5.41, 5.74) is -0.581. The Hall–Kier alpha value is -2.49. The lowest BCUT2D eigenvalue weighted by Gasteiger charge is -2.51. The first kappa shape index (κ1) is 30.5. The summed E-state index contributed by atoms with van der Waals surface area (Å²) >= 11 is 0. The molecule has 0 bridgehead atoms. The molecule has 0 aromatic heterocycles. The van der Waals surface area contributed by atoms with Crippen LogP contribution in [0.3, 0.4) is 0 Å². The van der Waals surface area contributed by atoms with E-state index >= 15 is 0 Å². The molecule has 2 aliphatic rings. The lowest BCUT2D eigenvalue weighted by atomic mass is 9.58. The van der Waals surface area contributed by atoms with Gasteiger partial charge in [-0.2, -0.15) is 26.3 Å². The van der Waals surface area contributed by atoms with E-state index < -0.39 is 47.2 Å². The Labute approximate surface area is 230 Å². The molecule has 2 saturated carbocycles. The van der Waals surface area contributed by atoms with E-state index in [0.717, 1.165) is 5.56 Å². The van der Waals surface area contributed by atoms with E-state index in [9.17, 15) is 36.2 Å². The van der Waals surface area contributed by atoms with E-state index in [2.05, 4.69) is 19.2 Å². The monoisotopic (exact) mass is 573 g/mol. The lowest BCUT2D eigenvalue weighted by Crippen LogP contribution is -2.59. The van der Waals surface area contributed by atoms with Gasteiger partial charge in [0.05, 0.1) is 17.9 Å². The standard InChI is InChI=1S/C30H37F6NO3/c1-16(2)13-23(37-25-15-22(27(38)39)28(25,3)4)18-5-11-21-17(14-18)6-12-24(26(21)30(34,35)36)40-20-9-7-19(8-10-20)29(31,32)33/h5-6,11-12,14,16,19-20,22-23,25,37H,7-10,13,15H2,1-4H3,(H,38,39)/t19-,20+,22?,23?,25?. The Morgan fingerprint density at radius 2 is 1.70 bits per heavy atom. The summed E-state index contributed by atoms with van der Waals surface area (Å²) in [7, 11) is 0. The van der Waals surface area contributed by atoms with E-state index in [1.165, 1.54) is 12.1 Å². The van der Waals surface area contributed by atoms with Crippen LogP contribution in [0.4, 0.5) is 26.3 Å². The largest absolute Gasteiger partial charge is 0.490 e. The zero-order valence-electron chi connectivity index (χ0n) is 23.1. The number of fused-ring (bicyclic) bond motifs is 1. The highest BCUT2D eigenvalue weighted by atomic mass is 19.4. The third kappa shape index (κ3) is 6.37. The predicted octanol–water partition coefficient (Wildman–Crippen LogP) is 8.53. The number of rotatable bonds is 8. The summed E-state index contributed by atoms with van der Waals surface area (Å²) in [6.45, 7) is 7.92. The van der Waals surface area contributed by atoms with Crippen LogP contribution in [0, 0.1) is 23.2 Å². The van der Waals surface area contributed by atoms with Crippen molar-refractivity contribution in [3.8, 4) is 5.75 Å². The van der Waals surface area contributed by atoms with Gasteiger partial charge in [-0.3, -0.25) is 4.79 Å². The van der Waals surface area contributed by atoms with Crippen molar-refractivity contribution in [2.45, 2.75) is 96.8 Å². The van der Waals surface area contributed by atoms with Crippen LogP contribution in [-0.2, 0) is 11.0 Å². The fourth-order valence-electron chi connectivity index (χ4n) is 6.27. The molecule has 0 saturated heterocycles. The molecule has 10 heteroatoms. The van der Waals surface area contributed by atoms with Gasteiger partial charge in [-0.1, -0.05) is 45.9 Å². The minimum Gasteiger partial charge on any atom is -0.490 e. The topological polar surface area (TPSA) is 58.6 Å². The Balaban J connectivity index is 1.60. The van der Waals surface area contributed by atoms with Crippen LogP contribution in [0.1, 0.15) is 83.4 Å². The fraction of sp³-hybridized carbons (Fsp3) is 0.633. The molecule has 2 aromatic rings. The summed E-state index contributed by atoms with van der Waals surface area (Å²) in [5, 5.41) is 13.4. The summed E-state index contributed by atoms with van der Waals surface area (Å²) in [6.07, 6.45) is -8.80. The number of benzene rings is 2. The van der Waals surface area contributed by atoms with Crippen LogP contribution in [0.15, 0.2) is 30.3 Å². The smallest absolute Gasteiger partial charge is 0.420 e. The van der Waals surface area contributed by atoms with Gasteiger partial charge in [0, 0.05) is 12.1 Å². The molecule has 3 atom stereocenters. The molecule has 0 amide bonds. The van der Waals surface area contributed by atoms with Gasteiger partial charge < -0.3 is 15.2 Å². The van der Waals surface area contributed by atoms with Gasteiger partial charge in [0.2, 0.25) is 0 Å². The van der Waals surface area contributed by atoms with Gasteiger partial charge in [-0.15, -0.1) is 0 Å². The average molecular weight is 574 g/mol. The van der Waals surface area contributed by atoms with Gasteiger partial charge in [0.25, 0.3) is 0 Å². The molecule has 0 radical (unpaired) electrons. The van der Waals surface area contributed by atoms with Gasteiger partial charge in [0.1, 0.15) is 11.3 Å². The number of carbonyl (C=O) groups is 1. The molecule has 3 unspecified atom stereocenters. The maximum Gasteiger partial charge on any atom is 0.420 e. The SMILES string of the molecule is CC(C)CC(NC1CC(C(=O)O)C1(C)C)c1ccc2c(C(F)(F)F)c(O[C@H]3CC[C@@H](C(F)(F)F)CC3)ccc2c1. The molecule has 0 heterocycles. The molecule has 4 nitrogen and oxygen atoms in total. The normalized spacial score (nSPS) is 26.0. The third-order valence-corrected chi connectivity index (χ3v) is 8.80. The second-order valence-corrected chi connectivity index (χ2v) is 12.4. The Bertz CT molecular complexity index is 1210. The van der Waals surface area contributed by atoms with Gasteiger partial charge in [0.15, 0.2) is 0 Å². The minimum atomic E-state index is -4.73. The Morgan fingerprint density at radius 1 is 1.05 bits per heavy atom. The zero-order chi connectivity index (χ0) is 29.6. The first-order valence-corrected chi connectivity index (χ1v) is 13.8. The van der Waals surface area contributed by atoms with E-state index in [0.29, 0.717) is 18.2 Å². The highest BCUT2D eigenvalue weighted by Crippen LogP contribution is 2.48. The molecular formula is C30H37F6NO3. The molecule has 40 heavy (non-hydrogen) atoms. The summed E-state index contributed by atoms with van der Waals surface area (Å²) in [4.78, 5) is 11.6. The van der Waals surface area contributed by atoms with Crippen LogP contribution in [0.25, 0.3) is 10.8 Å². The predicted molar refractivity (Wildman–Crippen MR) is 140 cm³/mol. The van der Waals surface area contributed by atoms with Crippen LogP contribution in [-0.4, -0.2) is 29.4 Å². The minimum absolute atomic E-state index is 0.0315. The Kier molecular flexibility index (Phi) is 8.43. The number of ether oxygens (including phenoxy) is 1. The van der Waals surface area contributed by atoms with E-state index in [1.54, 1.807) is 18.2 Å². The lowest BCUT2D eigenvalue weighted by molar-refractivity contribution is -0.185. The molecule has 4 rings (SSSR count). The Morgan fingerprint density at radius 3 is 2.23 bits per heavy atom. The maximum atomic E-state index is 14.3. The number of aliphatic carboxylic acids is 1. The number of hydrogen-bond donors (Lipinski definition) is 2. The number of hydrogen-bond acceptors (Lipinski definition) is 3. The first-order chi connectivity index (χ1) is 18.5. The second kappa shape index (κ2) is 11.1. The van der Waals surface area contributed by atoms with Crippen molar-refractivity contribution in [1.82, 2.24) is 5.32 Å². The van der Waals surface area contributed by atoms with Crippen LogP contribution >= 0.6 is 0 Å². The van der Waals surface area contributed by atoms with Crippen molar-refractivity contribution in [1.29, 1.82) is 0 Å². The molecule has 0 spiro atoms. The van der Waals surface area contributed by atoms with Gasteiger partial charge in [-0.05, 0) is 78.3 Å². The summed E-state index contributed by atoms with van der Waals surface area (Å²) in [5.74, 6) is -2.83. The van der Waals surface area contributed by atoms with Crippen molar-refractivity contribution in [2.24, 2.45) is 23.2 Å². The van der Waals surface area contributed by atoms with Gasteiger partial charge >= 0.3 is 18.3 Å². The van der Waals surface area contributed by atoms with E-state index in [1.807, 2.05) is 13.8 Å². The number of carboxylic acids is 1. The van der Waals surface area contributed by atoms with Gasteiger partial charge in [-0.25, -0.2) is 0 Å². The van der Waals surface area contributed by atoms with E-state index in [-0.39, 0.29) is 54.8 Å². The van der Waals surface area contributed by atoms with Crippen molar-refractivity contribution < 1.29 is 41.0 Å². The molecular weight excluding hydrogens is 536 g/mol. The van der Waals surface area contributed by atoms with Crippen molar-refractivity contribution in [2.75, 3.05) is 0 Å². The third-order valence-electron chi connectivity index (χ3n) is 8.80. The fourth-order valence-corrected chi connectivity index (χ4v) is 6.27. The summed E-state index contributed by atoms with van der Waals surface area (Å²) in [6, 6.07) is 7.41. The molecule has 2 aromatic carbocycles. The highest BCUT2D eigenvalue weighted by Gasteiger charge is 2.52. The quantitative estimate of drug-likeness (QED) is 0.311. The van der Waals surface area contributed by atoms with Crippen molar-refractivity contribution in [3.63, 3.8) is 0 Å². The first-order valence-electron chi connectivity index (χ1n) is 13.8. The molecule has 2 aliphatic carbocycles. The maximum absolute atomic E-state index is 14.3. The molecule has 222 valence electrons. The number of nitrogens with one attached hydrogen (secondary N) is 1. The second-order valence-electron chi connectivity index (χ2n) is 12.4. The zero-order valence-corrected chi connectivity index (χ0v) is 23.1. The van der Waals surface area contributed by atoms with E-state index in [4.69, 9.17) is 4.74 Å². The number of alkyl halides is 6. The number of carboxylic acid groups (broad SMARTS) is 1. The molecule has 2 N–H and O–H groups in total. The number of halogens is 6. The molecule has 2 fully saturated rings. The highest BCUT2D eigenvalue weighted by molar-refractivity contribution is 5.89.